The predicted octanol–water partition coefficient (Wildman–Crippen LogP) is 3.81. The zero-order chi connectivity index (χ0) is 13.1. The molecule has 0 radical (unpaired) electrons. The highest BCUT2D eigenvalue weighted by molar-refractivity contribution is 9.10. The van der Waals surface area contributed by atoms with Gasteiger partial charge in [-0.25, -0.2) is 0 Å². The second-order valence-corrected chi connectivity index (χ2v) is 6.58. The number of benzene rings is 1. The highest BCUT2D eigenvalue weighted by Gasteiger charge is 2.15. The molecule has 94 valence electrons. The molecule has 2 aromatic rings. The number of nitrogens with zero attached hydrogens (tertiary/aromatic N) is 3. The summed E-state index contributed by atoms with van der Waals surface area (Å²) in [6.07, 6.45) is 0. The van der Waals surface area contributed by atoms with Crippen LogP contribution in [-0.2, 0) is 5.75 Å². The van der Waals surface area contributed by atoms with Crippen LogP contribution < -0.4 is 0 Å². The van der Waals surface area contributed by atoms with Crippen molar-refractivity contribution in [3.8, 4) is 0 Å². The fourth-order valence-electron chi connectivity index (χ4n) is 1.29. The van der Waals surface area contributed by atoms with Gasteiger partial charge in [-0.2, -0.15) is 0 Å². The van der Waals surface area contributed by atoms with Gasteiger partial charge in [0.2, 0.25) is 0 Å². The summed E-state index contributed by atoms with van der Waals surface area (Å²) in [4.78, 5) is 10.4. The van der Waals surface area contributed by atoms with Crippen LogP contribution in [0.3, 0.4) is 0 Å². The Hall–Kier alpha value is -0.990. The molecule has 2 rings (SSSR count). The molecule has 5 nitrogen and oxygen atoms in total. The lowest BCUT2D eigenvalue weighted by Gasteiger charge is -2.02. The van der Waals surface area contributed by atoms with Crippen molar-refractivity contribution in [3.63, 3.8) is 0 Å². The van der Waals surface area contributed by atoms with Gasteiger partial charge in [0.15, 0.2) is 4.34 Å². The second kappa shape index (κ2) is 5.77. The van der Waals surface area contributed by atoms with Crippen molar-refractivity contribution in [2.75, 3.05) is 0 Å². The fourth-order valence-corrected chi connectivity index (χ4v) is 3.84. The smallest absolute Gasteiger partial charge is 0.258 e. The minimum absolute atomic E-state index is 0.0848. The average molecular weight is 346 g/mol. The molecule has 1 heterocycles. The van der Waals surface area contributed by atoms with Crippen LogP contribution in [0.1, 0.15) is 10.6 Å². The van der Waals surface area contributed by atoms with Crippen molar-refractivity contribution in [2.45, 2.75) is 17.0 Å². The van der Waals surface area contributed by atoms with Gasteiger partial charge in [-0.05, 0) is 28.4 Å². The van der Waals surface area contributed by atoms with Crippen molar-refractivity contribution in [1.29, 1.82) is 0 Å². The third-order valence-electron chi connectivity index (χ3n) is 2.11. The molecule has 18 heavy (non-hydrogen) atoms. The minimum Gasteiger partial charge on any atom is -0.258 e. The molecule has 0 spiro atoms. The molecule has 0 saturated carbocycles. The molecule has 0 aliphatic heterocycles. The molecular formula is C10H8BrN3O2S2. The zero-order valence-corrected chi connectivity index (χ0v) is 12.5. The summed E-state index contributed by atoms with van der Waals surface area (Å²) in [6.45, 7) is 1.89. The molecule has 0 amide bonds. The monoisotopic (exact) mass is 345 g/mol. The van der Waals surface area contributed by atoms with Crippen LogP contribution in [0.5, 0.6) is 0 Å². The molecule has 0 unspecified atom stereocenters. The summed E-state index contributed by atoms with van der Waals surface area (Å²) in [7, 11) is 0. The van der Waals surface area contributed by atoms with E-state index in [1.807, 2.05) is 13.0 Å². The third kappa shape index (κ3) is 3.06. The van der Waals surface area contributed by atoms with Crippen LogP contribution in [0.4, 0.5) is 5.69 Å². The van der Waals surface area contributed by atoms with E-state index >= 15 is 0 Å². The van der Waals surface area contributed by atoms with E-state index in [1.165, 1.54) is 29.2 Å². The average Bonchev–Trinajstić information content (AvgIpc) is 2.73. The number of rotatable bonds is 4. The molecule has 0 aliphatic rings. The third-order valence-corrected chi connectivity index (χ3v) is 5.05. The molecule has 0 N–H and O–H groups in total. The van der Waals surface area contributed by atoms with Gasteiger partial charge in [0, 0.05) is 11.8 Å². The van der Waals surface area contributed by atoms with Gasteiger partial charge in [-0.1, -0.05) is 35.2 Å². The number of hydrogen-bond donors (Lipinski definition) is 0. The number of nitro benzene ring substituents is 1. The molecule has 0 bridgehead atoms. The van der Waals surface area contributed by atoms with Crippen LogP contribution in [0.25, 0.3) is 0 Å². The van der Waals surface area contributed by atoms with Gasteiger partial charge in [0.1, 0.15) is 5.01 Å². The lowest BCUT2D eigenvalue weighted by Crippen LogP contribution is -1.92. The van der Waals surface area contributed by atoms with E-state index < -0.39 is 4.92 Å². The van der Waals surface area contributed by atoms with Gasteiger partial charge in [-0.3, -0.25) is 10.1 Å². The lowest BCUT2D eigenvalue weighted by molar-refractivity contribution is -0.385. The Balaban J connectivity index is 2.14. The number of aryl methyl sites for hydroxylation is 1. The first kappa shape index (κ1) is 13.4. The Morgan fingerprint density at radius 1 is 1.50 bits per heavy atom. The summed E-state index contributed by atoms with van der Waals surface area (Å²) in [5.41, 5.74) is 0.962. The van der Waals surface area contributed by atoms with Crippen molar-refractivity contribution in [1.82, 2.24) is 10.2 Å². The van der Waals surface area contributed by atoms with Crippen molar-refractivity contribution in [2.24, 2.45) is 0 Å². The maximum atomic E-state index is 10.8. The summed E-state index contributed by atoms with van der Waals surface area (Å²) >= 11 is 6.31. The van der Waals surface area contributed by atoms with Gasteiger partial charge in [0.05, 0.1) is 9.40 Å². The Labute approximate surface area is 120 Å². The molecule has 0 saturated heterocycles. The lowest BCUT2D eigenvalue weighted by atomic mass is 10.2. The Morgan fingerprint density at radius 2 is 2.28 bits per heavy atom. The second-order valence-electron chi connectivity index (χ2n) is 3.38. The van der Waals surface area contributed by atoms with Crippen molar-refractivity contribution in [3.05, 3.63) is 43.4 Å². The maximum Gasteiger partial charge on any atom is 0.283 e. The first-order valence-electron chi connectivity index (χ1n) is 4.92. The van der Waals surface area contributed by atoms with E-state index in [0.29, 0.717) is 10.2 Å². The predicted molar refractivity (Wildman–Crippen MR) is 75.0 cm³/mol. The molecule has 0 fully saturated rings. The molecule has 1 aromatic carbocycles. The van der Waals surface area contributed by atoms with Crippen LogP contribution in [0.15, 0.2) is 27.0 Å². The standard InChI is InChI=1S/C10H8BrN3O2S2/c1-6-12-13-10(18-6)17-5-7-3-2-4-8(9(7)11)14(15)16/h2-4H,5H2,1H3. The highest BCUT2D eigenvalue weighted by Crippen LogP contribution is 2.33. The zero-order valence-electron chi connectivity index (χ0n) is 9.29. The topological polar surface area (TPSA) is 68.9 Å². The number of aromatic nitrogens is 2. The SMILES string of the molecule is Cc1nnc(SCc2cccc([N+](=O)[O-])c2Br)s1. The van der Waals surface area contributed by atoms with Gasteiger partial charge in [-0.15, -0.1) is 10.2 Å². The Kier molecular flexibility index (Phi) is 4.31. The molecule has 1 aromatic heterocycles. The largest absolute Gasteiger partial charge is 0.283 e. The fraction of sp³-hybridized carbons (Fsp3) is 0.200. The first-order chi connectivity index (χ1) is 8.58. The number of hydrogen-bond acceptors (Lipinski definition) is 6. The maximum absolute atomic E-state index is 10.8. The van der Waals surface area contributed by atoms with Crippen molar-refractivity contribution < 1.29 is 4.92 Å². The summed E-state index contributed by atoms with van der Waals surface area (Å²) in [5, 5.41) is 19.6. The first-order valence-corrected chi connectivity index (χ1v) is 7.52. The van der Waals surface area contributed by atoms with E-state index in [2.05, 4.69) is 26.1 Å². The van der Waals surface area contributed by atoms with E-state index in [1.54, 1.807) is 6.07 Å². The van der Waals surface area contributed by atoms with E-state index in [4.69, 9.17) is 0 Å². The molecule has 0 atom stereocenters. The molecule has 0 aliphatic carbocycles. The van der Waals surface area contributed by atoms with Gasteiger partial charge < -0.3 is 0 Å². The number of thioether (sulfide) groups is 1. The number of nitro groups is 1. The Morgan fingerprint density at radius 3 is 2.89 bits per heavy atom. The van der Waals surface area contributed by atoms with Gasteiger partial charge in [0.25, 0.3) is 5.69 Å². The highest BCUT2D eigenvalue weighted by atomic mass is 79.9. The van der Waals surface area contributed by atoms with Crippen LogP contribution in [-0.4, -0.2) is 15.1 Å². The molecular weight excluding hydrogens is 338 g/mol. The quantitative estimate of drug-likeness (QED) is 0.478. The van der Waals surface area contributed by atoms with E-state index in [0.717, 1.165) is 14.9 Å². The van der Waals surface area contributed by atoms with E-state index in [9.17, 15) is 10.1 Å². The van der Waals surface area contributed by atoms with Crippen molar-refractivity contribution >= 4 is 44.7 Å². The van der Waals surface area contributed by atoms with E-state index in [-0.39, 0.29) is 5.69 Å². The normalized spacial score (nSPS) is 10.6. The summed E-state index contributed by atoms with van der Waals surface area (Å²) in [6, 6.07) is 5.02. The van der Waals surface area contributed by atoms with Crippen LogP contribution in [0, 0.1) is 17.0 Å². The van der Waals surface area contributed by atoms with Crippen LogP contribution >= 0.6 is 39.0 Å². The molecule has 8 heteroatoms. The Bertz CT molecular complexity index is 588. The minimum atomic E-state index is -0.395. The number of halogens is 1. The summed E-state index contributed by atoms with van der Waals surface area (Å²) < 4.78 is 1.40. The van der Waals surface area contributed by atoms with Crippen LogP contribution in [0.2, 0.25) is 0 Å². The van der Waals surface area contributed by atoms with Gasteiger partial charge >= 0.3 is 0 Å². The summed E-state index contributed by atoms with van der Waals surface area (Å²) in [5.74, 6) is 0.622.